The van der Waals surface area contributed by atoms with E-state index in [1.165, 1.54) is 38.9 Å². The molecule has 0 N–H and O–H groups in total. The van der Waals surface area contributed by atoms with Gasteiger partial charge >= 0.3 is 7.12 Å². The molecule has 328 valence electrons. The van der Waals surface area contributed by atoms with Gasteiger partial charge in [0.15, 0.2) is 0 Å². The molecule has 0 aliphatic carbocycles. The van der Waals surface area contributed by atoms with Crippen LogP contribution in [0.1, 0.15) is 179 Å². The third kappa shape index (κ3) is 10.2. The lowest BCUT2D eigenvalue weighted by atomic mass is 9.71. The average molecular weight is 822 g/mol. The van der Waals surface area contributed by atoms with Crippen molar-refractivity contribution in [2.45, 2.75) is 199 Å². The lowest BCUT2D eigenvalue weighted by Crippen LogP contribution is -2.41. The van der Waals surface area contributed by atoms with Crippen molar-refractivity contribution in [2.24, 2.45) is 0 Å². The van der Waals surface area contributed by atoms with E-state index in [0.717, 1.165) is 56.5 Å². The van der Waals surface area contributed by atoms with Gasteiger partial charge in [0.05, 0.1) is 28.3 Å². The van der Waals surface area contributed by atoms with Crippen molar-refractivity contribution in [3.05, 3.63) is 92.0 Å². The molecule has 6 rings (SSSR count). The van der Waals surface area contributed by atoms with Gasteiger partial charge in [-0.1, -0.05) is 122 Å². The molecule has 0 spiro atoms. The fraction of sp³-hybridized carbons (Fsp3) is 0.588. The van der Waals surface area contributed by atoms with Crippen molar-refractivity contribution >= 4 is 12.6 Å². The minimum absolute atomic E-state index is 0.0225. The Hall–Kier alpha value is -3.95. The molecular weight excluding hydrogens is 745 g/mol. The Kier molecular flexibility index (Phi) is 13.6. The lowest BCUT2D eigenvalue weighted by Gasteiger charge is -2.33. The largest absolute Gasteiger partial charge is 0.500 e. The van der Waals surface area contributed by atoms with Crippen LogP contribution in [0.2, 0.25) is 0 Å². The van der Waals surface area contributed by atoms with Crippen molar-refractivity contribution in [1.29, 1.82) is 0 Å². The highest BCUT2D eigenvalue weighted by molar-refractivity contribution is 6.63. The first kappa shape index (κ1) is 48.7. The third-order valence-electron chi connectivity index (χ3n) is 11.9. The Bertz CT molecular complexity index is 2240. The van der Waals surface area contributed by atoms with Crippen LogP contribution in [-0.4, -0.2) is 33.8 Å². The van der Waals surface area contributed by atoms with Crippen LogP contribution in [0.4, 0.5) is 0 Å². The summed E-state index contributed by atoms with van der Waals surface area (Å²) in [7, 11) is -0.378. The van der Waals surface area contributed by atoms with E-state index in [0.29, 0.717) is 0 Å². The average Bonchev–Trinajstić information content (AvgIpc) is 3.76. The summed E-state index contributed by atoms with van der Waals surface area (Å²) in [4.78, 5) is 0. The number of hydrogen-bond donors (Lipinski definition) is 0. The summed E-state index contributed by atoms with van der Waals surface area (Å²) >= 11 is 0. The number of nitrogens with zero attached hydrogens (tertiary/aromatic N) is 3. The molecule has 0 saturated carbocycles. The van der Waals surface area contributed by atoms with Crippen LogP contribution in [0.5, 0.6) is 0 Å². The molecule has 0 atom stereocenters. The number of benzene rings is 2. The molecule has 3 aromatic heterocycles. The molecule has 5 aromatic rings. The molecule has 8 nitrogen and oxygen atoms in total. The van der Waals surface area contributed by atoms with E-state index in [4.69, 9.17) is 22.9 Å². The molecule has 0 radical (unpaired) electrons. The monoisotopic (exact) mass is 822 g/mol. The van der Waals surface area contributed by atoms with Crippen molar-refractivity contribution in [1.82, 2.24) is 15.5 Å². The van der Waals surface area contributed by atoms with Gasteiger partial charge in [0, 0.05) is 16.6 Å². The van der Waals surface area contributed by atoms with Crippen LogP contribution in [0, 0.1) is 55.4 Å². The summed E-state index contributed by atoms with van der Waals surface area (Å²) in [6.45, 7) is 51.8. The molecule has 4 heterocycles. The van der Waals surface area contributed by atoms with Gasteiger partial charge in [0.2, 0.25) is 0 Å². The SMILES string of the molecule is Cc1cc(C)c(C(C)(C)C)c(C(C)(C)C)c1.Cc1noc(C)c1-c1cc(-c2c(C)noc2C)c(C(C)(C)C)c(C(C)(C)C)c1.Cc1noc(C)c1B1OC(C)(C)C(C)(C)O1. The van der Waals surface area contributed by atoms with E-state index in [1.807, 2.05) is 69.2 Å². The quantitative estimate of drug-likeness (QED) is 0.166. The smallest absolute Gasteiger partial charge is 0.399 e. The predicted octanol–water partition coefficient (Wildman–Crippen LogP) is 13.3. The first-order valence-electron chi connectivity index (χ1n) is 21.6. The molecule has 9 heteroatoms. The second-order valence-electron chi connectivity index (χ2n) is 22.2. The van der Waals surface area contributed by atoms with E-state index in [-0.39, 0.29) is 40.0 Å². The predicted molar refractivity (Wildman–Crippen MR) is 249 cm³/mol. The van der Waals surface area contributed by atoms with E-state index in [9.17, 15) is 0 Å². The molecule has 2 aromatic carbocycles. The second-order valence-corrected chi connectivity index (χ2v) is 22.2. The zero-order valence-corrected chi connectivity index (χ0v) is 41.8. The number of hydrogen-bond acceptors (Lipinski definition) is 8. The Labute approximate surface area is 363 Å². The van der Waals surface area contributed by atoms with Crippen LogP contribution < -0.4 is 5.46 Å². The Balaban J connectivity index is 0.000000213. The normalized spacial score (nSPS) is 15.4. The van der Waals surface area contributed by atoms with Gasteiger partial charge in [-0.25, -0.2) is 0 Å². The second kappa shape index (κ2) is 16.7. The fourth-order valence-corrected chi connectivity index (χ4v) is 8.49. The molecule has 60 heavy (non-hydrogen) atoms. The topological polar surface area (TPSA) is 96.6 Å². The third-order valence-corrected chi connectivity index (χ3v) is 11.9. The zero-order valence-electron chi connectivity index (χ0n) is 41.8. The first-order chi connectivity index (χ1) is 27.1. The Morgan fingerprint density at radius 3 is 1.27 bits per heavy atom. The van der Waals surface area contributed by atoms with Crippen molar-refractivity contribution < 1.29 is 22.9 Å². The molecule has 0 bridgehead atoms. The van der Waals surface area contributed by atoms with Crippen molar-refractivity contribution in [3.8, 4) is 22.3 Å². The summed E-state index contributed by atoms with van der Waals surface area (Å²) in [5.41, 5.74) is 16.3. The maximum absolute atomic E-state index is 5.95. The zero-order chi connectivity index (χ0) is 45.9. The summed E-state index contributed by atoms with van der Waals surface area (Å²) in [5.74, 6) is 2.44. The van der Waals surface area contributed by atoms with Crippen LogP contribution in [0.3, 0.4) is 0 Å². The van der Waals surface area contributed by atoms with Crippen molar-refractivity contribution in [2.75, 3.05) is 0 Å². The van der Waals surface area contributed by atoms with E-state index in [1.54, 1.807) is 0 Å². The maximum Gasteiger partial charge on any atom is 0.500 e. The molecule has 1 aliphatic heterocycles. The molecular formula is C51H76BN3O5. The minimum atomic E-state index is -0.378. The van der Waals surface area contributed by atoms with Crippen LogP contribution >= 0.6 is 0 Å². The lowest BCUT2D eigenvalue weighted by molar-refractivity contribution is 0.00578. The van der Waals surface area contributed by atoms with E-state index < -0.39 is 0 Å². The van der Waals surface area contributed by atoms with Crippen molar-refractivity contribution in [3.63, 3.8) is 0 Å². The summed E-state index contributed by atoms with van der Waals surface area (Å²) < 4.78 is 28.0. The number of aromatic nitrogens is 3. The van der Waals surface area contributed by atoms with Gasteiger partial charge < -0.3 is 22.9 Å². The van der Waals surface area contributed by atoms with Gasteiger partial charge in [-0.05, 0) is 150 Å². The highest BCUT2D eigenvalue weighted by Crippen LogP contribution is 2.46. The summed E-state index contributed by atoms with van der Waals surface area (Å²) in [5, 5.41) is 12.3. The van der Waals surface area contributed by atoms with Crippen LogP contribution in [0.25, 0.3) is 22.3 Å². The fourth-order valence-electron chi connectivity index (χ4n) is 8.49. The van der Waals surface area contributed by atoms with Gasteiger partial charge in [-0.3, -0.25) is 0 Å². The van der Waals surface area contributed by atoms with E-state index in [2.05, 4.69) is 137 Å². The standard InChI is InChI=1S/C24H32N2O2.C16H26.C11H18BNO3/c1-13-20(15(3)27-25-13)17-11-18(21-14(2)26-28-16(21)4)22(24(8,9)10)19(12-17)23(5,6)7;1-11-9-12(2)14(16(6,7)8)13(10-11)15(3,4)5;1-7-9(8(2)14-13-7)12-15-10(3,4)11(5,6)16-12/h11-12H,1-10H3;9-10H,1-8H3;1-6H3. The summed E-state index contributed by atoms with van der Waals surface area (Å²) in [6, 6.07) is 9.23. The molecule has 1 fully saturated rings. The molecule has 1 aliphatic rings. The van der Waals surface area contributed by atoms with Crippen LogP contribution in [0.15, 0.2) is 37.8 Å². The Morgan fingerprint density at radius 1 is 0.467 bits per heavy atom. The molecule has 0 amide bonds. The van der Waals surface area contributed by atoms with E-state index >= 15 is 0 Å². The maximum atomic E-state index is 5.95. The molecule has 1 saturated heterocycles. The van der Waals surface area contributed by atoms with Gasteiger partial charge in [0.1, 0.15) is 17.3 Å². The number of rotatable bonds is 3. The first-order valence-corrected chi connectivity index (χ1v) is 21.6. The van der Waals surface area contributed by atoms with Gasteiger partial charge in [0.25, 0.3) is 0 Å². The Morgan fingerprint density at radius 2 is 0.883 bits per heavy atom. The number of aryl methyl sites for hydroxylation is 8. The van der Waals surface area contributed by atoms with Gasteiger partial charge in [-0.15, -0.1) is 0 Å². The highest BCUT2D eigenvalue weighted by Gasteiger charge is 2.53. The van der Waals surface area contributed by atoms with Gasteiger partial charge in [-0.2, -0.15) is 0 Å². The highest BCUT2D eigenvalue weighted by atomic mass is 16.7. The minimum Gasteiger partial charge on any atom is -0.399 e. The molecule has 0 unspecified atom stereocenters. The van der Waals surface area contributed by atoms with Crippen LogP contribution in [-0.2, 0) is 31.0 Å². The summed E-state index contributed by atoms with van der Waals surface area (Å²) in [6.07, 6.45) is 0.